The smallest absolute Gasteiger partial charge is 0.161 e. The molecule has 0 aliphatic carbocycles. The predicted molar refractivity (Wildman–Crippen MR) is 203 cm³/mol. The number of methoxy groups -OCH3 is 4. The van der Waals surface area contributed by atoms with E-state index in [1.165, 1.54) is 33.4 Å². The molecule has 0 radical (unpaired) electrons. The standard InChI is InChI=1S/C22H24O3.C22H30O2/c1-13-7-8-17(11-14(13)2)21-15(3)16(4)22(25-21)18-9-10-19(23-5)20(12-18)24-6;1-15-7-8-19(11-16(15)2)12-17(3)18(4)13-20-9-10-21(23-5)22(14-20)24-6/h7-12H,1-6H3;7-11,14,17-18H,12-13H2,1-6H3/t;17-,18+/m.0/s1. The molecular weight excluding hydrogens is 608 g/mol. The van der Waals surface area contributed by atoms with Crippen molar-refractivity contribution in [2.45, 2.75) is 68.2 Å². The van der Waals surface area contributed by atoms with Crippen molar-refractivity contribution < 1.29 is 23.4 Å². The van der Waals surface area contributed by atoms with Gasteiger partial charge in [0, 0.05) is 11.1 Å². The molecule has 0 amide bonds. The van der Waals surface area contributed by atoms with E-state index in [4.69, 9.17) is 23.4 Å². The van der Waals surface area contributed by atoms with Crippen LogP contribution in [-0.4, -0.2) is 28.4 Å². The van der Waals surface area contributed by atoms with Crippen LogP contribution in [0.2, 0.25) is 0 Å². The second-order valence-electron chi connectivity index (χ2n) is 13.3. The molecule has 5 aromatic rings. The molecular formula is C44H54O5. The first kappa shape index (κ1) is 37.2. The summed E-state index contributed by atoms with van der Waals surface area (Å²) in [6.45, 7) is 17.5. The first-order chi connectivity index (χ1) is 23.4. The predicted octanol–water partition coefficient (Wildman–Crippen LogP) is 11.2. The third kappa shape index (κ3) is 8.89. The fourth-order valence-electron chi connectivity index (χ4n) is 6.09. The summed E-state index contributed by atoms with van der Waals surface area (Å²) in [6, 6.07) is 25.3. The molecule has 5 heteroatoms. The molecule has 2 atom stereocenters. The highest BCUT2D eigenvalue weighted by Crippen LogP contribution is 2.40. The molecule has 0 aliphatic heterocycles. The molecule has 1 heterocycles. The van der Waals surface area contributed by atoms with E-state index >= 15 is 0 Å². The van der Waals surface area contributed by atoms with Gasteiger partial charge in [0.25, 0.3) is 0 Å². The SMILES string of the molecule is COc1ccc(-c2oc(-c3ccc(C)c(C)c3)c(C)c2C)cc1OC.COc1ccc(C[C@@H](C)[C@@H](C)Cc2ccc(C)c(C)c2)cc1OC. The summed E-state index contributed by atoms with van der Waals surface area (Å²) in [4.78, 5) is 0. The Morgan fingerprint density at radius 1 is 0.449 bits per heavy atom. The van der Waals surface area contributed by atoms with Crippen LogP contribution in [0.25, 0.3) is 22.6 Å². The second kappa shape index (κ2) is 16.6. The van der Waals surface area contributed by atoms with Gasteiger partial charge in [0.15, 0.2) is 23.0 Å². The Morgan fingerprint density at radius 2 is 0.857 bits per heavy atom. The molecule has 260 valence electrons. The molecule has 4 aromatic carbocycles. The van der Waals surface area contributed by atoms with Crippen molar-refractivity contribution in [3.63, 3.8) is 0 Å². The maximum absolute atomic E-state index is 6.29. The molecule has 0 fully saturated rings. The van der Waals surface area contributed by atoms with E-state index in [1.807, 2.05) is 24.3 Å². The number of aryl methyl sites for hydroxylation is 4. The zero-order chi connectivity index (χ0) is 35.8. The molecule has 1 aromatic heterocycles. The summed E-state index contributed by atoms with van der Waals surface area (Å²) in [5.74, 6) is 6.02. The third-order valence-corrected chi connectivity index (χ3v) is 9.97. The van der Waals surface area contributed by atoms with E-state index in [9.17, 15) is 0 Å². The molecule has 49 heavy (non-hydrogen) atoms. The van der Waals surface area contributed by atoms with Gasteiger partial charge in [-0.15, -0.1) is 0 Å². The normalized spacial score (nSPS) is 12.1. The van der Waals surface area contributed by atoms with Crippen molar-refractivity contribution >= 4 is 0 Å². The molecule has 0 spiro atoms. The van der Waals surface area contributed by atoms with Crippen LogP contribution in [0.4, 0.5) is 0 Å². The highest BCUT2D eigenvalue weighted by atomic mass is 16.5. The van der Waals surface area contributed by atoms with E-state index in [0.29, 0.717) is 23.3 Å². The van der Waals surface area contributed by atoms with Crippen LogP contribution in [0.5, 0.6) is 23.0 Å². The van der Waals surface area contributed by atoms with E-state index in [2.05, 4.69) is 104 Å². The molecule has 0 saturated heterocycles. The quantitative estimate of drug-likeness (QED) is 0.141. The first-order valence-corrected chi connectivity index (χ1v) is 17.1. The summed E-state index contributed by atoms with van der Waals surface area (Å²) < 4.78 is 27.8. The Morgan fingerprint density at radius 3 is 1.37 bits per heavy atom. The van der Waals surface area contributed by atoms with Gasteiger partial charge in [-0.3, -0.25) is 0 Å². The zero-order valence-corrected chi connectivity index (χ0v) is 31.5. The lowest BCUT2D eigenvalue weighted by molar-refractivity contribution is 0.352. The van der Waals surface area contributed by atoms with Gasteiger partial charge in [-0.05, 0) is 147 Å². The minimum Gasteiger partial charge on any atom is -0.493 e. The van der Waals surface area contributed by atoms with Gasteiger partial charge in [-0.2, -0.15) is 0 Å². The van der Waals surface area contributed by atoms with Crippen LogP contribution in [0.3, 0.4) is 0 Å². The summed E-state index contributed by atoms with van der Waals surface area (Å²) in [5, 5.41) is 0. The Balaban J connectivity index is 0.000000221. The average Bonchev–Trinajstić information content (AvgIpc) is 3.40. The van der Waals surface area contributed by atoms with E-state index in [1.54, 1.807) is 28.4 Å². The van der Waals surface area contributed by atoms with Gasteiger partial charge in [0.05, 0.1) is 28.4 Å². The van der Waals surface area contributed by atoms with Crippen LogP contribution in [0, 0.1) is 53.4 Å². The topological polar surface area (TPSA) is 50.1 Å². The molecule has 0 unspecified atom stereocenters. The van der Waals surface area contributed by atoms with Crippen molar-refractivity contribution in [1.29, 1.82) is 0 Å². The Bertz CT molecular complexity index is 1860. The average molecular weight is 663 g/mol. The minimum atomic E-state index is 0.602. The van der Waals surface area contributed by atoms with Gasteiger partial charge in [0.2, 0.25) is 0 Å². The number of furan rings is 1. The van der Waals surface area contributed by atoms with E-state index in [0.717, 1.165) is 58.1 Å². The maximum atomic E-state index is 6.29. The minimum absolute atomic E-state index is 0.602. The number of hydrogen-bond donors (Lipinski definition) is 0. The Hall–Kier alpha value is -4.64. The fourth-order valence-corrected chi connectivity index (χ4v) is 6.09. The maximum Gasteiger partial charge on any atom is 0.161 e. The highest BCUT2D eigenvalue weighted by Gasteiger charge is 2.19. The van der Waals surface area contributed by atoms with Crippen LogP contribution in [0.1, 0.15) is 58.4 Å². The largest absolute Gasteiger partial charge is 0.493 e. The van der Waals surface area contributed by atoms with Crippen LogP contribution in [-0.2, 0) is 12.8 Å². The van der Waals surface area contributed by atoms with Crippen molar-refractivity contribution in [1.82, 2.24) is 0 Å². The lowest BCUT2D eigenvalue weighted by Gasteiger charge is -2.21. The van der Waals surface area contributed by atoms with E-state index in [-0.39, 0.29) is 0 Å². The van der Waals surface area contributed by atoms with Crippen molar-refractivity contribution in [3.05, 3.63) is 117 Å². The summed E-state index contributed by atoms with van der Waals surface area (Å²) in [7, 11) is 6.64. The Kier molecular flexibility index (Phi) is 12.6. The summed E-state index contributed by atoms with van der Waals surface area (Å²) in [5.41, 5.74) is 12.4. The van der Waals surface area contributed by atoms with Crippen LogP contribution < -0.4 is 18.9 Å². The molecule has 5 nitrogen and oxygen atoms in total. The molecule has 0 aliphatic rings. The van der Waals surface area contributed by atoms with Gasteiger partial charge >= 0.3 is 0 Å². The number of ether oxygens (including phenoxy) is 4. The summed E-state index contributed by atoms with van der Waals surface area (Å²) >= 11 is 0. The molecule has 0 saturated carbocycles. The molecule has 0 bridgehead atoms. The second-order valence-corrected chi connectivity index (χ2v) is 13.3. The van der Waals surface area contributed by atoms with Gasteiger partial charge in [0.1, 0.15) is 11.5 Å². The summed E-state index contributed by atoms with van der Waals surface area (Å²) in [6.07, 6.45) is 2.17. The third-order valence-electron chi connectivity index (χ3n) is 9.97. The highest BCUT2D eigenvalue weighted by molar-refractivity contribution is 5.73. The van der Waals surface area contributed by atoms with Crippen molar-refractivity contribution in [2.75, 3.05) is 28.4 Å². The van der Waals surface area contributed by atoms with E-state index < -0.39 is 0 Å². The lowest BCUT2D eigenvalue weighted by Crippen LogP contribution is -2.14. The van der Waals surface area contributed by atoms with Gasteiger partial charge in [-0.1, -0.05) is 50.2 Å². The zero-order valence-electron chi connectivity index (χ0n) is 31.5. The number of rotatable bonds is 11. The van der Waals surface area contributed by atoms with Crippen LogP contribution in [0.15, 0.2) is 77.2 Å². The van der Waals surface area contributed by atoms with Crippen LogP contribution >= 0.6 is 0 Å². The molecule has 5 rings (SSSR count). The first-order valence-electron chi connectivity index (χ1n) is 17.1. The Labute approximate surface area is 294 Å². The van der Waals surface area contributed by atoms with Gasteiger partial charge in [-0.25, -0.2) is 0 Å². The number of benzene rings is 4. The van der Waals surface area contributed by atoms with Crippen molar-refractivity contribution in [2.24, 2.45) is 11.8 Å². The monoisotopic (exact) mass is 662 g/mol. The van der Waals surface area contributed by atoms with Gasteiger partial charge < -0.3 is 23.4 Å². The van der Waals surface area contributed by atoms with Crippen molar-refractivity contribution in [3.8, 4) is 45.6 Å². The molecule has 0 N–H and O–H groups in total. The fraction of sp³-hybridized carbons (Fsp3) is 0.364. The number of hydrogen-bond acceptors (Lipinski definition) is 5. The lowest BCUT2D eigenvalue weighted by atomic mass is 9.85.